The van der Waals surface area contributed by atoms with E-state index in [0.29, 0.717) is 69.5 Å². The first-order chi connectivity index (χ1) is 16.8. The maximum atomic E-state index is 11.5. The number of H-pyrrole nitrogens is 1. The first kappa shape index (κ1) is 22.6. The Hall–Kier alpha value is -4.16. The fraction of sp³-hybridized carbons (Fsp3) is 0.240. The van der Waals surface area contributed by atoms with Gasteiger partial charge in [0, 0.05) is 42.8 Å². The van der Waals surface area contributed by atoms with E-state index in [4.69, 9.17) is 17.3 Å². The van der Waals surface area contributed by atoms with Crippen molar-refractivity contribution in [3.63, 3.8) is 0 Å². The standard InChI is InChI=1S/C25H22ClN7O2/c1-12-3-4-18(34)13(2)19(12)17-10-29-24-20(16(17)7-27)21(26)22(32-24)15-8-30-25(31-9-15)33-6-5-14(11-33)23(28)35/h3-4,8-10,14,34H,5-6,11H2,1-2H3,(H2,28,35)(H,29,32)/t14-/m0/s1. The van der Waals surface area contributed by atoms with Crippen molar-refractivity contribution in [2.75, 3.05) is 18.0 Å². The van der Waals surface area contributed by atoms with E-state index < -0.39 is 0 Å². The van der Waals surface area contributed by atoms with Crippen molar-refractivity contribution in [3.8, 4) is 34.2 Å². The second-order valence-electron chi connectivity index (χ2n) is 8.70. The highest BCUT2D eigenvalue weighted by atomic mass is 35.5. The van der Waals surface area contributed by atoms with Crippen molar-refractivity contribution in [2.45, 2.75) is 20.3 Å². The SMILES string of the molecule is Cc1ccc(O)c(C)c1-c1cnc2[nH]c(-c3cnc(N4CC[C@H](C(N)=O)C4)nc3)c(Cl)c2c1C#N. The molecule has 0 aliphatic carbocycles. The van der Waals surface area contributed by atoms with Gasteiger partial charge >= 0.3 is 0 Å². The number of phenols is 1. The van der Waals surface area contributed by atoms with Crippen molar-refractivity contribution < 1.29 is 9.90 Å². The highest BCUT2D eigenvalue weighted by molar-refractivity contribution is 6.38. The summed E-state index contributed by atoms with van der Waals surface area (Å²) in [6, 6.07) is 5.71. The Morgan fingerprint density at radius 1 is 1.26 bits per heavy atom. The Balaban J connectivity index is 1.57. The van der Waals surface area contributed by atoms with Crippen LogP contribution in [0.1, 0.15) is 23.1 Å². The normalized spacial score (nSPS) is 15.5. The molecule has 4 aromatic rings. The number of nitriles is 1. The summed E-state index contributed by atoms with van der Waals surface area (Å²) in [5.74, 6) is 0.140. The number of aromatic nitrogens is 4. The van der Waals surface area contributed by atoms with Gasteiger partial charge in [0.1, 0.15) is 17.5 Å². The lowest BCUT2D eigenvalue weighted by molar-refractivity contribution is -0.121. The fourth-order valence-corrected chi connectivity index (χ4v) is 5.00. The van der Waals surface area contributed by atoms with Crippen molar-refractivity contribution in [3.05, 3.63) is 52.4 Å². The van der Waals surface area contributed by atoms with E-state index in [-0.39, 0.29) is 17.6 Å². The van der Waals surface area contributed by atoms with Crippen LogP contribution >= 0.6 is 11.6 Å². The minimum Gasteiger partial charge on any atom is -0.508 e. The number of phenolic OH excluding ortho intramolecular Hbond substituents is 1. The number of amides is 1. The molecule has 35 heavy (non-hydrogen) atoms. The minimum absolute atomic E-state index is 0.146. The molecule has 1 aromatic carbocycles. The number of benzene rings is 1. The molecule has 0 saturated carbocycles. The number of pyridine rings is 1. The van der Waals surface area contributed by atoms with Crippen LogP contribution in [0.15, 0.2) is 30.7 Å². The van der Waals surface area contributed by atoms with E-state index in [1.165, 1.54) is 0 Å². The quantitative estimate of drug-likeness (QED) is 0.396. The molecule has 1 aliphatic heterocycles. The second-order valence-corrected chi connectivity index (χ2v) is 9.08. The number of halogens is 1. The molecular formula is C25H22ClN7O2. The minimum atomic E-state index is -0.315. The predicted molar refractivity (Wildman–Crippen MR) is 133 cm³/mol. The van der Waals surface area contributed by atoms with E-state index in [1.54, 1.807) is 37.6 Å². The number of nitrogens with zero attached hydrogens (tertiary/aromatic N) is 5. The summed E-state index contributed by atoms with van der Waals surface area (Å²) in [4.78, 5) is 30.0. The van der Waals surface area contributed by atoms with Crippen LogP contribution in [0.2, 0.25) is 5.02 Å². The van der Waals surface area contributed by atoms with Gasteiger partial charge in [0.15, 0.2) is 0 Å². The monoisotopic (exact) mass is 487 g/mol. The molecule has 1 aliphatic rings. The molecule has 4 heterocycles. The number of carbonyl (C=O) groups is 1. The lowest BCUT2D eigenvalue weighted by Crippen LogP contribution is -2.28. The maximum absolute atomic E-state index is 11.5. The fourth-order valence-electron chi connectivity index (χ4n) is 4.66. The summed E-state index contributed by atoms with van der Waals surface area (Å²) < 4.78 is 0. The third-order valence-electron chi connectivity index (χ3n) is 6.59. The zero-order chi connectivity index (χ0) is 24.9. The molecule has 0 radical (unpaired) electrons. The number of aromatic amines is 1. The molecule has 1 amide bonds. The van der Waals surface area contributed by atoms with Gasteiger partial charge in [0.05, 0.1) is 27.6 Å². The van der Waals surface area contributed by atoms with E-state index in [0.717, 1.165) is 11.1 Å². The zero-order valence-corrected chi connectivity index (χ0v) is 19.9. The number of aromatic hydroxyl groups is 1. The average Bonchev–Trinajstić information content (AvgIpc) is 3.47. The lowest BCUT2D eigenvalue weighted by Gasteiger charge is -2.15. The first-order valence-electron chi connectivity index (χ1n) is 11.1. The topological polar surface area (TPSA) is 145 Å². The number of rotatable bonds is 4. The van der Waals surface area contributed by atoms with Crippen LogP contribution in [-0.4, -0.2) is 44.0 Å². The number of nitrogens with two attached hydrogens (primary N) is 1. The van der Waals surface area contributed by atoms with E-state index in [9.17, 15) is 15.2 Å². The Bertz CT molecular complexity index is 1520. The van der Waals surface area contributed by atoms with Gasteiger partial charge in [0.25, 0.3) is 0 Å². The van der Waals surface area contributed by atoms with Gasteiger partial charge in [-0.15, -0.1) is 0 Å². The molecule has 176 valence electrons. The predicted octanol–water partition coefficient (Wildman–Crippen LogP) is 3.85. The van der Waals surface area contributed by atoms with Crippen molar-refractivity contribution in [1.82, 2.24) is 19.9 Å². The number of nitrogens with one attached hydrogen (secondary N) is 1. The molecule has 1 fully saturated rings. The van der Waals surface area contributed by atoms with Crippen molar-refractivity contribution >= 4 is 34.5 Å². The molecule has 9 nitrogen and oxygen atoms in total. The Kier molecular flexibility index (Phi) is 5.53. The van der Waals surface area contributed by atoms with Crippen LogP contribution in [0.4, 0.5) is 5.95 Å². The van der Waals surface area contributed by atoms with Gasteiger partial charge in [-0.2, -0.15) is 5.26 Å². The highest BCUT2D eigenvalue weighted by Crippen LogP contribution is 2.41. The van der Waals surface area contributed by atoms with Crippen molar-refractivity contribution in [1.29, 1.82) is 5.26 Å². The summed E-state index contributed by atoms with van der Waals surface area (Å²) >= 11 is 6.78. The molecular weight excluding hydrogens is 466 g/mol. The van der Waals surface area contributed by atoms with Gasteiger partial charge in [0.2, 0.25) is 11.9 Å². The number of fused-ring (bicyclic) bond motifs is 1. The number of primary amides is 1. The average molecular weight is 488 g/mol. The van der Waals surface area contributed by atoms with E-state index in [1.807, 2.05) is 11.8 Å². The summed E-state index contributed by atoms with van der Waals surface area (Å²) in [5, 5.41) is 21.1. The van der Waals surface area contributed by atoms with Crippen LogP contribution in [0.5, 0.6) is 5.75 Å². The van der Waals surface area contributed by atoms with E-state index in [2.05, 4.69) is 26.0 Å². The maximum Gasteiger partial charge on any atom is 0.225 e. The molecule has 5 rings (SSSR count). The van der Waals surface area contributed by atoms with Crippen LogP contribution in [0.3, 0.4) is 0 Å². The van der Waals surface area contributed by atoms with Crippen LogP contribution in [-0.2, 0) is 4.79 Å². The van der Waals surface area contributed by atoms with Gasteiger partial charge in [-0.05, 0) is 43.0 Å². The van der Waals surface area contributed by atoms with Gasteiger partial charge < -0.3 is 20.7 Å². The smallest absolute Gasteiger partial charge is 0.225 e. The molecule has 10 heteroatoms. The van der Waals surface area contributed by atoms with Gasteiger partial charge in [-0.3, -0.25) is 4.79 Å². The summed E-state index contributed by atoms with van der Waals surface area (Å²) in [7, 11) is 0. The van der Waals surface area contributed by atoms with Gasteiger partial charge in [-0.1, -0.05) is 17.7 Å². The van der Waals surface area contributed by atoms with E-state index >= 15 is 0 Å². The second kappa shape index (κ2) is 8.56. The molecule has 0 unspecified atom stereocenters. The third kappa shape index (κ3) is 3.72. The lowest BCUT2D eigenvalue weighted by atomic mass is 9.92. The molecule has 4 N–H and O–H groups in total. The zero-order valence-electron chi connectivity index (χ0n) is 19.1. The van der Waals surface area contributed by atoms with Crippen LogP contribution in [0, 0.1) is 31.1 Å². The summed E-state index contributed by atoms with van der Waals surface area (Å²) in [6.45, 7) is 4.88. The molecule has 3 aromatic heterocycles. The Morgan fingerprint density at radius 3 is 2.66 bits per heavy atom. The molecule has 1 saturated heterocycles. The molecule has 0 bridgehead atoms. The highest BCUT2D eigenvalue weighted by Gasteiger charge is 2.28. The van der Waals surface area contributed by atoms with Gasteiger partial charge in [-0.25, -0.2) is 15.0 Å². The largest absolute Gasteiger partial charge is 0.508 e. The third-order valence-corrected chi connectivity index (χ3v) is 6.97. The van der Waals surface area contributed by atoms with Crippen LogP contribution < -0.4 is 10.6 Å². The Morgan fingerprint density at radius 2 is 2.00 bits per heavy atom. The number of hydrogen-bond donors (Lipinski definition) is 3. The number of carbonyl (C=O) groups excluding carboxylic acids is 1. The number of anilines is 1. The summed E-state index contributed by atoms with van der Waals surface area (Å²) in [5.41, 5.74) is 10.4. The Labute approximate surface area is 206 Å². The van der Waals surface area contributed by atoms with Crippen molar-refractivity contribution in [2.24, 2.45) is 11.7 Å². The number of hydrogen-bond acceptors (Lipinski definition) is 7. The molecule has 0 spiro atoms. The van der Waals surface area contributed by atoms with Crippen LogP contribution in [0.25, 0.3) is 33.4 Å². The molecule has 1 atom stereocenters. The first-order valence-corrected chi connectivity index (χ1v) is 11.4. The summed E-state index contributed by atoms with van der Waals surface area (Å²) in [6.07, 6.45) is 5.59. The number of aryl methyl sites for hydroxylation is 1.